The van der Waals surface area contributed by atoms with E-state index in [0.29, 0.717) is 60.7 Å². The van der Waals surface area contributed by atoms with E-state index in [-0.39, 0.29) is 36.2 Å². The first-order valence-electron chi connectivity index (χ1n) is 18.3. The molecule has 0 radical (unpaired) electrons. The molecule has 0 spiro atoms. The van der Waals surface area contributed by atoms with Crippen LogP contribution >= 0.6 is 11.8 Å². The number of unbranched alkanes of at least 4 members (excludes halogenated alkanes) is 1. The van der Waals surface area contributed by atoms with Gasteiger partial charge in [0, 0.05) is 42.0 Å². The number of aliphatic hydroxyl groups is 1. The van der Waals surface area contributed by atoms with Crippen molar-refractivity contribution < 1.29 is 34.1 Å². The molecule has 55 heavy (non-hydrogen) atoms. The Hall–Kier alpha value is -5.46. The molecule has 6 N–H and O–H groups in total. The Labute approximate surface area is 325 Å². The minimum atomic E-state index is -0.969. The first kappa shape index (κ1) is 39.2. The fourth-order valence-corrected chi connectivity index (χ4v) is 7.45. The van der Waals surface area contributed by atoms with Gasteiger partial charge in [0.2, 0.25) is 11.8 Å². The summed E-state index contributed by atoms with van der Waals surface area (Å²) in [7, 11) is 0. The Morgan fingerprint density at radius 2 is 1.45 bits per heavy atom. The zero-order chi connectivity index (χ0) is 38.6. The number of nitrogen functional groups attached to an aromatic ring is 1. The molecule has 1 aliphatic rings. The van der Waals surface area contributed by atoms with Crippen LogP contribution in [0.4, 0.5) is 11.4 Å². The van der Waals surface area contributed by atoms with E-state index in [9.17, 15) is 24.6 Å². The topological polar surface area (TPSA) is 160 Å². The van der Waals surface area contributed by atoms with Gasteiger partial charge in [-0.3, -0.25) is 9.59 Å². The lowest BCUT2D eigenvalue weighted by atomic mass is 9.99. The lowest BCUT2D eigenvalue weighted by Gasteiger charge is -2.36. The summed E-state index contributed by atoms with van der Waals surface area (Å²) in [6.07, 6.45) is 1.17. The fourth-order valence-electron chi connectivity index (χ4n) is 6.38. The number of hydrogen-bond donors (Lipinski definition) is 5. The number of benzene rings is 5. The number of hydrogen-bond acceptors (Lipinski definition) is 8. The highest BCUT2D eigenvalue weighted by Crippen LogP contribution is 2.40. The van der Waals surface area contributed by atoms with Gasteiger partial charge in [0.15, 0.2) is 6.29 Å². The first-order valence-corrected chi connectivity index (χ1v) is 19.3. The number of para-hydroxylation sites is 2. The fraction of sp³-hybridized carbons (Fsp3) is 0.250. The molecule has 0 unspecified atom stereocenters. The molecule has 11 heteroatoms. The van der Waals surface area contributed by atoms with Crippen LogP contribution in [0.2, 0.25) is 0 Å². The molecule has 1 fully saturated rings. The van der Waals surface area contributed by atoms with Crippen molar-refractivity contribution >= 4 is 40.9 Å². The van der Waals surface area contributed by atoms with E-state index in [1.165, 1.54) is 11.8 Å². The molecule has 284 valence electrons. The molecule has 1 heterocycles. The highest BCUT2D eigenvalue weighted by molar-refractivity contribution is 7.99. The molecule has 10 nitrogen and oxygen atoms in total. The van der Waals surface area contributed by atoms with Crippen molar-refractivity contribution in [3.63, 3.8) is 0 Å². The molecule has 6 rings (SSSR count). The summed E-state index contributed by atoms with van der Waals surface area (Å²) in [6.45, 7) is 0.324. The number of carboxylic acids is 1. The molecule has 1 saturated heterocycles. The van der Waals surface area contributed by atoms with Crippen LogP contribution in [0.3, 0.4) is 0 Å². The number of nitrogens with one attached hydrogen (secondary N) is 2. The lowest BCUT2D eigenvalue weighted by molar-refractivity contribution is -0.245. The zero-order valence-corrected chi connectivity index (χ0v) is 31.2. The van der Waals surface area contributed by atoms with Gasteiger partial charge in [0.25, 0.3) is 0 Å². The van der Waals surface area contributed by atoms with E-state index >= 15 is 0 Å². The van der Waals surface area contributed by atoms with Gasteiger partial charge < -0.3 is 36.1 Å². The Balaban J connectivity index is 1.07. The van der Waals surface area contributed by atoms with Crippen LogP contribution in [0.25, 0.3) is 11.1 Å². The zero-order valence-electron chi connectivity index (χ0n) is 30.4. The van der Waals surface area contributed by atoms with Gasteiger partial charge in [0.1, 0.15) is 0 Å². The molecular weight excluding hydrogens is 715 g/mol. The number of rotatable bonds is 16. The van der Waals surface area contributed by atoms with Crippen LogP contribution < -0.4 is 16.4 Å². The molecule has 0 bridgehead atoms. The smallest absolute Gasteiger partial charge is 0.336 e. The van der Waals surface area contributed by atoms with Gasteiger partial charge in [-0.25, -0.2) is 4.79 Å². The summed E-state index contributed by atoms with van der Waals surface area (Å²) in [5.74, 6) is -0.649. The average molecular weight is 760 g/mol. The summed E-state index contributed by atoms with van der Waals surface area (Å²) in [4.78, 5) is 37.4. The maximum Gasteiger partial charge on any atom is 0.336 e. The Morgan fingerprint density at radius 1 is 0.745 bits per heavy atom. The van der Waals surface area contributed by atoms with Crippen molar-refractivity contribution in [3.8, 4) is 11.1 Å². The monoisotopic (exact) mass is 759 g/mol. The van der Waals surface area contributed by atoms with Gasteiger partial charge in [0.05, 0.1) is 35.8 Å². The molecular formula is C44H45N3O7S. The second-order valence-electron chi connectivity index (χ2n) is 13.4. The summed E-state index contributed by atoms with van der Waals surface area (Å²) in [6, 6.07) is 37.8. The van der Waals surface area contributed by atoms with Gasteiger partial charge in [-0.2, -0.15) is 0 Å². The van der Waals surface area contributed by atoms with Crippen LogP contribution in [0.5, 0.6) is 0 Å². The van der Waals surface area contributed by atoms with Crippen molar-refractivity contribution in [1.82, 2.24) is 5.32 Å². The molecule has 5 aromatic carbocycles. The second-order valence-corrected chi connectivity index (χ2v) is 14.5. The standard InChI is InChI=1S/C44H45N3O7S/c45-37-14-2-3-15-38(37)47-42(50)18-6-5-17-41(49)46-26-30-9-7-10-32(23-30)33-11-8-12-34(24-33)44-53-35(28-55-40-16-4-1-13-36(40)43(51)52)25-39(54-44)31-21-19-29(27-48)20-22-31/h1-4,7-16,19-24,35,39,44,48H,5-6,17-18,25-28,45H2,(H,46,49)(H,47,50)(H,51,52)/t35-,39+,44+/m0/s1. The average Bonchev–Trinajstić information content (AvgIpc) is 3.22. The van der Waals surface area contributed by atoms with E-state index < -0.39 is 12.3 Å². The van der Waals surface area contributed by atoms with Gasteiger partial charge in [-0.05, 0) is 77.1 Å². The number of aromatic carboxylic acids is 1. The Kier molecular flexibility index (Phi) is 13.7. The number of aliphatic hydroxyl groups excluding tert-OH is 1. The number of nitrogens with two attached hydrogens (primary N) is 1. The van der Waals surface area contributed by atoms with Crippen LogP contribution in [-0.4, -0.2) is 39.9 Å². The number of carbonyl (C=O) groups excluding carboxylic acids is 2. The molecule has 0 aromatic heterocycles. The quantitative estimate of drug-likeness (QED) is 0.0379. The molecule has 0 saturated carbocycles. The third-order valence-corrected chi connectivity index (χ3v) is 10.6. The van der Waals surface area contributed by atoms with E-state index in [2.05, 4.69) is 10.6 Å². The highest BCUT2D eigenvalue weighted by Gasteiger charge is 2.32. The highest BCUT2D eigenvalue weighted by atomic mass is 32.2. The third kappa shape index (κ3) is 11.1. The van der Waals surface area contributed by atoms with Crippen molar-refractivity contribution in [2.75, 3.05) is 16.8 Å². The molecule has 5 aromatic rings. The van der Waals surface area contributed by atoms with Crippen molar-refractivity contribution in [3.05, 3.63) is 149 Å². The van der Waals surface area contributed by atoms with Crippen molar-refractivity contribution in [1.29, 1.82) is 0 Å². The van der Waals surface area contributed by atoms with Crippen LogP contribution in [0.15, 0.2) is 126 Å². The number of carbonyl (C=O) groups is 3. The normalized spacial score (nSPS) is 16.6. The minimum absolute atomic E-state index is 0.0475. The van der Waals surface area contributed by atoms with Crippen molar-refractivity contribution in [2.24, 2.45) is 0 Å². The number of amides is 2. The van der Waals surface area contributed by atoms with Crippen LogP contribution in [0.1, 0.15) is 77.1 Å². The predicted octanol–water partition coefficient (Wildman–Crippen LogP) is 8.28. The number of anilines is 2. The van der Waals surface area contributed by atoms with E-state index in [4.69, 9.17) is 15.2 Å². The summed E-state index contributed by atoms with van der Waals surface area (Å²) >= 11 is 1.45. The number of carboxylic acid groups (broad SMARTS) is 1. The maximum atomic E-state index is 12.6. The summed E-state index contributed by atoms with van der Waals surface area (Å²) in [5.41, 5.74) is 12.8. The molecule has 3 atom stereocenters. The molecule has 0 aliphatic carbocycles. The molecule has 2 amide bonds. The minimum Gasteiger partial charge on any atom is -0.478 e. The Bertz CT molecular complexity index is 2090. The number of ether oxygens (including phenoxy) is 2. The molecule has 1 aliphatic heterocycles. The van der Waals surface area contributed by atoms with Crippen LogP contribution in [-0.2, 0) is 32.2 Å². The van der Waals surface area contributed by atoms with E-state index in [1.807, 2.05) is 97.1 Å². The Morgan fingerprint density at radius 3 is 2.22 bits per heavy atom. The van der Waals surface area contributed by atoms with Crippen LogP contribution in [0, 0.1) is 0 Å². The third-order valence-electron chi connectivity index (χ3n) is 9.36. The lowest BCUT2D eigenvalue weighted by Crippen LogP contribution is -2.31. The predicted molar refractivity (Wildman–Crippen MR) is 214 cm³/mol. The van der Waals surface area contributed by atoms with Crippen molar-refractivity contribution in [2.45, 2.75) is 68.6 Å². The second kappa shape index (κ2) is 19.2. The SMILES string of the molecule is Nc1ccccc1NC(=O)CCCCC(=O)NCc1cccc(-c2cccc([C@@H]3O[C@H](CSc4ccccc4C(=O)O)C[C@H](c4ccc(CO)cc4)O3)c2)c1. The van der Waals surface area contributed by atoms with Gasteiger partial charge in [-0.1, -0.05) is 84.9 Å². The summed E-state index contributed by atoms with van der Waals surface area (Å²) < 4.78 is 13.1. The van der Waals surface area contributed by atoms with E-state index in [0.717, 1.165) is 33.4 Å². The largest absolute Gasteiger partial charge is 0.478 e. The number of thioether (sulfide) groups is 1. The first-order chi connectivity index (χ1) is 26.7. The van der Waals surface area contributed by atoms with E-state index in [1.54, 1.807) is 24.3 Å². The van der Waals surface area contributed by atoms with Gasteiger partial charge >= 0.3 is 5.97 Å². The summed E-state index contributed by atoms with van der Waals surface area (Å²) in [5, 5.41) is 25.1. The van der Waals surface area contributed by atoms with Gasteiger partial charge in [-0.15, -0.1) is 11.8 Å². The maximum absolute atomic E-state index is 12.6.